The average Bonchev–Trinajstić information content (AvgIpc) is 3.17. The summed E-state index contributed by atoms with van der Waals surface area (Å²) in [6.07, 6.45) is 6.32. The number of carbonyl (C=O) groups excluding carboxylic acids is 2. The zero-order chi connectivity index (χ0) is 11.2. The van der Waals surface area contributed by atoms with Crippen LogP contribution in [0, 0.1) is 11.3 Å². The third-order valence-electron chi connectivity index (χ3n) is 4.40. The molecular weight excluding hydrogens is 204 g/mol. The highest BCUT2D eigenvalue weighted by molar-refractivity contribution is 5.81. The van der Waals surface area contributed by atoms with Gasteiger partial charge in [-0.2, -0.15) is 0 Å². The van der Waals surface area contributed by atoms with Crippen LogP contribution >= 0.6 is 0 Å². The van der Waals surface area contributed by atoms with Gasteiger partial charge < -0.3 is 10.2 Å². The van der Waals surface area contributed by atoms with Crippen molar-refractivity contribution in [1.29, 1.82) is 0 Å². The van der Waals surface area contributed by atoms with Crippen molar-refractivity contribution in [2.24, 2.45) is 11.3 Å². The summed E-state index contributed by atoms with van der Waals surface area (Å²) in [5.41, 5.74) is 0.337. The van der Waals surface area contributed by atoms with Crippen LogP contribution in [-0.2, 0) is 9.59 Å². The summed E-state index contributed by atoms with van der Waals surface area (Å²) < 4.78 is 0. The Morgan fingerprint density at radius 1 is 1.31 bits per heavy atom. The van der Waals surface area contributed by atoms with E-state index in [1.54, 1.807) is 0 Å². The molecule has 88 valence electrons. The summed E-state index contributed by atoms with van der Waals surface area (Å²) in [5.74, 6) is 0.576. The van der Waals surface area contributed by atoms with Crippen LogP contribution < -0.4 is 5.32 Å². The Morgan fingerprint density at radius 2 is 2.00 bits per heavy atom. The van der Waals surface area contributed by atoms with Gasteiger partial charge in [-0.05, 0) is 37.5 Å². The van der Waals surface area contributed by atoms with Crippen molar-refractivity contribution in [1.82, 2.24) is 10.2 Å². The molecule has 2 aliphatic carbocycles. The van der Waals surface area contributed by atoms with Crippen LogP contribution in [-0.4, -0.2) is 36.3 Å². The maximum atomic E-state index is 11.6. The molecule has 3 fully saturated rings. The second kappa shape index (κ2) is 3.47. The average molecular weight is 222 g/mol. The van der Waals surface area contributed by atoms with Crippen LogP contribution in [0.2, 0.25) is 0 Å². The lowest BCUT2D eigenvalue weighted by atomic mass is 9.93. The lowest BCUT2D eigenvalue weighted by molar-refractivity contribution is -0.123. The van der Waals surface area contributed by atoms with Gasteiger partial charge >= 0.3 is 0 Å². The van der Waals surface area contributed by atoms with Crippen molar-refractivity contribution in [3.05, 3.63) is 0 Å². The van der Waals surface area contributed by atoms with Crippen molar-refractivity contribution in [3.8, 4) is 0 Å². The molecule has 1 atom stereocenters. The Morgan fingerprint density at radius 3 is 2.56 bits per heavy atom. The highest BCUT2D eigenvalue weighted by atomic mass is 16.2. The molecule has 2 amide bonds. The quantitative estimate of drug-likeness (QED) is 0.708. The van der Waals surface area contributed by atoms with Gasteiger partial charge in [0.15, 0.2) is 0 Å². The van der Waals surface area contributed by atoms with Crippen molar-refractivity contribution in [3.63, 3.8) is 0 Å². The van der Waals surface area contributed by atoms with E-state index in [1.165, 1.54) is 0 Å². The van der Waals surface area contributed by atoms with E-state index in [0.717, 1.165) is 51.6 Å². The SMILES string of the molecule is O=CN1CCC2(CC1)CC2NC(=O)C1CC1. The molecule has 0 bridgehead atoms. The molecule has 0 aromatic carbocycles. The fraction of sp³-hybridized carbons (Fsp3) is 0.833. The van der Waals surface area contributed by atoms with Crippen LogP contribution in [0.1, 0.15) is 32.1 Å². The Kier molecular flexibility index (Phi) is 2.19. The Hall–Kier alpha value is -1.06. The summed E-state index contributed by atoms with van der Waals surface area (Å²) in [6, 6.07) is 0.398. The zero-order valence-corrected chi connectivity index (χ0v) is 9.45. The van der Waals surface area contributed by atoms with Crippen LogP contribution in [0.3, 0.4) is 0 Å². The van der Waals surface area contributed by atoms with Crippen molar-refractivity contribution >= 4 is 12.3 Å². The molecule has 1 aliphatic heterocycles. The first-order valence-electron chi connectivity index (χ1n) is 6.23. The standard InChI is InChI=1S/C12H18N2O2/c15-8-14-5-3-12(4-6-14)7-10(12)13-11(16)9-1-2-9/h8-10H,1-7H2,(H,13,16). The first-order valence-corrected chi connectivity index (χ1v) is 6.23. The lowest BCUT2D eigenvalue weighted by Gasteiger charge is -2.30. The third kappa shape index (κ3) is 1.70. The number of piperidine rings is 1. The first-order chi connectivity index (χ1) is 7.73. The number of nitrogens with one attached hydrogen (secondary N) is 1. The minimum absolute atomic E-state index is 0.264. The van der Waals surface area contributed by atoms with Gasteiger partial charge in [-0.3, -0.25) is 9.59 Å². The van der Waals surface area contributed by atoms with Crippen LogP contribution in [0.5, 0.6) is 0 Å². The number of carbonyl (C=O) groups is 2. The van der Waals surface area contributed by atoms with E-state index < -0.39 is 0 Å². The molecule has 1 N–H and O–H groups in total. The topological polar surface area (TPSA) is 49.4 Å². The van der Waals surface area contributed by atoms with E-state index in [4.69, 9.17) is 0 Å². The second-order valence-electron chi connectivity index (χ2n) is 5.54. The zero-order valence-electron chi connectivity index (χ0n) is 9.45. The van der Waals surface area contributed by atoms with Crippen LogP contribution in [0.4, 0.5) is 0 Å². The van der Waals surface area contributed by atoms with Crippen molar-refractivity contribution < 1.29 is 9.59 Å². The van der Waals surface area contributed by atoms with Gasteiger partial charge in [0.1, 0.15) is 0 Å². The van der Waals surface area contributed by atoms with Gasteiger partial charge in [-0.25, -0.2) is 0 Å². The van der Waals surface area contributed by atoms with Crippen molar-refractivity contribution in [2.75, 3.05) is 13.1 Å². The summed E-state index contributed by atoms with van der Waals surface area (Å²) in [4.78, 5) is 24.1. The van der Waals surface area contributed by atoms with Crippen LogP contribution in [0.15, 0.2) is 0 Å². The number of hydrogen-bond acceptors (Lipinski definition) is 2. The van der Waals surface area contributed by atoms with E-state index in [1.807, 2.05) is 4.90 Å². The molecule has 4 heteroatoms. The summed E-state index contributed by atoms with van der Waals surface area (Å²) >= 11 is 0. The van der Waals surface area contributed by atoms with E-state index >= 15 is 0 Å². The number of rotatable bonds is 3. The minimum atomic E-state index is 0.264. The van der Waals surface area contributed by atoms with Gasteiger partial charge in [0.05, 0.1) is 0 Å². The Balaban J connectivity index is 1.50. The summed E-state index contributed by atoms with van der Waals surface area (Å²) in [6.45, 7) is 1.72. The summed E-state index contributed by atoms with van der Waals surface area (Å²) in [5, 5.41) is 3.16. The lowest BCUT2D eigenvalue weighted by Crippen LogP contribution is -2.38. The normalized spacial score (nSPS) is 31.2. The highest BCUT2D eigenvalue weighted by Gasteiger charge is 2.56. The fourth-order valence-corrected chi connectivity index (χ4v) is 2.81. The van der Waals surface area contributed by atoms with Gasteiger partial charge in [0.25, 0.3) is 0 Å². The molecule has 1 spiro atoms. The Bertz CT molecular complexity index is 317. The molecule has 1 heterocycles. The van der Waals surface area contributed by atoms with Gasteiger partial charge in [-0.15, -0.1) is 0 Å². The minimum Gasteiger partial charge on any atom is -0.353 e. The number of likely N-dealkylation sites (tertiary alicyclic amines) is 1. The third-order valence-corrected chi connectivity index (χ3v) is 4.40. The molecule has 3 rings (SSSR count). The molecule has 0 aromatic rings. The molecule has 16 heavy (non-hydrogen) atoms. The van der Waals surface area contributed by atoms with E-state index in [2.05, 4.69) is 5.32 Å². The highest BCUT2D eigenvalue weighted by Crippen LogP contribution is 2.54. The van der Waals surface area contributed by atoms with Gasteiger partial charge in [0.2, 0.25) is 12.3 Å². The molecular formula is C12H18N2O2. The number of hydrogen-bond donors (Lipinski definition) is 1. The Labute approximate surface area is 95.4 Å². The van der Waals surface area contributed by atoms with Gasteiger partial charge in [-0.1, -0.05) is 0 Å². The smallest absolute Gasteiger partial charge is 0.223 e. The predicted molar refractivity (Wildman–Crippen MR) is 58.6 cm³/mol. The van der Waals surface area contributed by atoms with E-state index in [-0.39, 0.29) is 5.91 Å². The molecule has 1 saturated heterocycles. The molecule has 0 radical (unpaired) electrons. The first kappa shape index (κ1) is 10.1. The maximum absolute atomic E-state index is 11.6. The largest absolute Gasteiger partial charge is 0.353 e. The molecule has 2 saturated carbocycles. The summed E-state index contributed by atoms with van der Waals surface area (Å²) in [7, 11) is 0. The predicted octanol–water partition coefficient (Wildman–Crippen LogP) is 0.523. The molecule has 1 unspecified atom stereocenters. The van der Waals surface area contributed by atoms with E-state index in [0.29, 0.717) is 17.4 Å². The molecule has 3 aliphatic rings. The molecule has 0 aromatic heterocycles. The number of nitrogens with zero attached hydrogens (tertiary/aromatic N) is 1. The van der Waals surface area contributed by atoms with Crippen LogP contribution in [0.25, 0.3) is 0 Å². The number of amides is 2. The van der Waals surface area contributed by atoms with E-state index in [9.17, 15) is 9.59 Å². The van der Waals surface area contributed by atoms with Gasteiger partial charge in [0, 0.05) is 25.0 Å². The second-order valence-corrected chi connectivity index (χ2v) is 5.54. The van der Waals surface area contributed by atoms with Crippen molar-refractivity contribution in [2.45, 2.75) is 38.1 Å². The monoisotopic (exact) mass is 222 g/mol. The maximum Gasteiger partial charge on any atom is 0.223 e. The molecule has 4 nitrogen and oxygen atoms in total. The fourth-order valence-electron chi connectivity index (χ4n) is 2.81.